The summed E-state index contributed by atoms with van der Waals surface area (Å²) >= 11 is 3.12. The van der Waals surface area contributed by atoms with Gasteiger partial charge < -0.3 is 4.74 Å². The molecule has 0 bridgehead atoms. The third-order valence-electron chi connectivity index (χ3n) is 2.31. The van der Waals surface area contributed by atoms with E-state index in [2.05, 4.69) is 21.0 Å². The second kappa shape index (κ2) is 5.31. The van der Waals surface area contributed by atoms with Gasteiger partial charge in [0.25, 0.3) is 0 Å². The van der Waals surface area contributed by atoms with Crippen molar-refractivity contribution in [2.75, 3.05) is 6.61 Å². The minimum atomic E-state index is -0.287. The fourth-order valence-corrected chi connectivity index (χ4v) is 1.81. The van der Waals surface area contributed by atoms with Gasteiger partial charge in [-0.3, -0.25) is 4.68 Å². The Morgan fingerprint density at radius 1 is 1.47 bits per heavy atom. The van der Waals surface area contributed by atoms with E-state index in [4.69, 9.17) is 4.74 Å². The van der Waals surface area contributed by atoms with Gasteiger partial charge >= 0.3 is 0 Å². The molecule has 0 spiro atoms. The first-order valence-electron chi connectivity index (χ1n) is 5.20. The molecule has 0 saturated heterocycles. The Hall–Kier alpha value is -1.36. The molecule has 0 radical (unpaired) electrons. The molecule has 2 rings (SSSR count). The van der Waals surface area contributed by atoms with Gasteiger partial charge in [0.1, 0.15) is 11.6 Å². The first kappa shape index (κ1) is 12.1. The van der Waals surface area contributed by atoms with Crippen LogP contribution in [0.3, 0.4) is 0 Å². The van der Waals surface area contributed by atoms with Crippen molar-refractivity contribution >= 4 is 15.9 Å². The Balaban J connectivity index is 1.87. The van der Waals surface area contributed by atoms with Gasteiger partial charge in [0, 0.05) is 19.7 Å². The molecule has 17 heavy (non-hydrogen) atoms. The molecule has 0 aliphatic heterocycles. The van der Waals surface area contributed by atoms with Gasteiger partial charge in [-0.2, -0.15) is 5.10 Å². The molecule has 1 heterocycles. The van der Waals surface area contributed by atoms with Crippen LogP contribution in [0.25, 0.3) is 0 Å². The maximum absolute atomic E-state index is 13.0. The SMILES string of the molecule is Cn1cc(CCOc2ccc(F)c(Br)c2)cn1. The number of aromatic nitrogens is 2. The lowest BCUT2D eigenvalue weighted by Crippen LogP contribution is -2.00. The summed E-state index contributed by atoms with van der Waals surface area (Å²) in [4.78, 5) is 0. The quantitative estimate of drug-likeness (QED) is 0.868. The van der Waals surface area contributed by atoms with E-state index in [0.29, 0.717) is 16.8 Å². The standard InChI is InChI=1S/C12H12BrFN2O/c1-16-8-9(7-15-16)4-5-17-10-2-3-12(14)11(13)6-10/h2-3,6-8H,4-5H2,1H3. The van der Waals surface area contributed by atoms with Gasteiger partial charge in [0.15, 0.2) is 0 Å². The molecular formula is C12H12BrFN2O. The molecular weight excluding hydrogens is 287 g/mol. The molecule has 0 amide bonds. The normalized spacial score (nSPS) is 10.5. The molecule has 0 N–H and O–H groups in total. The van der Waals surface area contributed by atoms with Crippen LogP contribution in [-0.2, 0) is 13.5 Å². The van der Waals surface area contributed by atoms with Crippen LogP contribution in [0.2, 0.25) is 0 Å². The highest BCUT2D eigenvalue weighted by Crippen LogP contribution is 2.21. The predicted molar refractivity (Wildman–Crippen MR) is 66.5 cm³/mol. The molecule has 0 unspecified atom stereocenters. The van der Waals surface area contributed by atoms with Crippen LogP contribution in [0.5, 0.6) is 5.75 Å². The predicted octanol–water partition coefficient (Wildman–Crippen LogP) is 2.94. The van der Waals surface area contributed by atoms with Gasteiger partial charge in [0.05, 0.1) is 17.3 Å². The highest BCUT2D eigenvalue weighted by Gasteiger charge is 2.02. The molecule has 0 aliphatic rings. The van der Waals surface area contributed by atoms with Gasteiger partial charge in [0.2, 0.25) is 0 Å². The summed E-state index contributed by atoms with van der Waals surface area (Å²) in [6.45, 7) is 0.545. The number of rotatable bonds is 4. The average molecular weight is 299 g/mol. The Kier molecular flexibility index (Phi) is 3.78. The van der Waals surface area contributed by atoms with E-state index in [9.17, 15) is 4.39 Å². The van der Waals surface area contributed by atoms with Crippen molar-refractivity contribution in [3.05, 3.63) is 46.4 Å². The molecule has 0 aliphatic carbocycles. The van der Waals surface area contributed by atoms with Gasteiger partial charge in [-0.15, -0.1) is 0 Å². The first-order valence-corrected chi connectivity index (χ1v) is 6.00. The van der Waals surface area contributed by atoms with E-state index in [0.717, 1.165) is 12.0 Å². The monoisotopic (exact) mass is 298 g/mol. The van der Waals surface area contributed by atoms with Crippen LogP contribution in [0.15, 0.2) is 35.1 Å². The number of halogens is 2. The van der Waals surface area contributed by atoms with E-state index < -0.39 is 0 Å². The van der Waals surface area contributed by atoms with E-state index in [1.165, 1.54) is 6.07 Å². The lowest BCUT2D eigenvalue weighted by molar-refractivity contribution is 0.321. The maximum Gasteiger partial charge on any atom is 0.137 e. The van der Waals surface area contributed by atoms with Crippen molar-refractivity contribution in [3.63, 3.8) is 0 Å². The number of nitrogens with zero attached hydrogens (tertiary/aromatic N) is 2. The number of hydrogen-bond donors (Lipinski definition) is 0. The topological polar surface area (TPSA) is 27.1 Å². The van der Waals surface area contributed by atoms with Crippen LogP contribution >= 0.6 is 15.9 Å². The van der Waals surface area contributed by atoms with Crippen LogP contribution in [0.1, 0.15) is 5.56 Å². The van der Waals surface area contributed by atoms with Crippen LogP contribution < -0.4 is 4.74 Å². The Morgan fingerprint density at radius 3 is 2.94 bits per heavy atom. The third-order valence-corrected chi connectivity index (χ3v) is 2.92. The Bertz CT molecular complexity index is 513. The van der Waals surface area contributed by atoms with Crippen LogP contribution in [0.4, 0.5) is 4.39 Å². The minimum Gasteiger partial charge on any atom is -0.493 e. The van der Waals surface area contributed by atoms with E-state index >= 15 is 0 Å². The molecule has 5 heteroatoms. The van der Waals surface area contributed by atoms with E-state index in [1.807, 2.05) is 19.4 Å². The highest BCUT2D eigenvalue weighted by molar-refractivity contribution is 9.10. The zero-order valence-corrected chi connectivity index (χ0v) is 10.9. The molecule has 1 aromatic heterocycles. The summed E-state index contributed by atoms with van der Waals surface area (Å²) < 4.78 is 20.7. The molecule has 0 atom stereocenters. The van der Waals surface area contributed by atoms with Crippen molar-refractivity contribution < 1.29 is 9.13 Å². The highest BCUT2D eigenvalue weighted by atomic mass is 79.9. The number of benzene rings is 1. The Labute approximate surface area is 107 Å². The smallest absolute Gasteiger partial charge is 0.137 e. The summed E-state index contributed by atoms with van der Waals surface area (Å²) in [6.07, 6.45) is 4.54. The second-order valence-corrected chi connectivity index (χ2v) is 4.55. The van der Waals surface area contributed by atoms with Crippen molar-refractivity contribution in [3.8, 4) is 5.75 Å². The molecule has 1 aromatic carbocycles. The van der Waals surface area contributed by atoms with Crippen molar-refractivity contribution in [2.45, 2.75) is 6.42 Å². The van der Waals surface area contributed by atoms with Crippen LogP contribution in [0, 0.1) is 5.82 Å². The molecule has 0 fully saturated rings. The first-order chi connectivity index (χ1) is 8.15. The van der Waals surface area contributed by atoms with Gasteiger partial charge in [-0.05, 0) is 39.7 Å². The summed E-state index contributed by atoms with van der Waals surface area (Å²) in [6, 6.07) is 4.62. The number of ether oxygens (including phenoxy) is 1. The van der Waals surface area contributed by atoms with Crippen molar-refractivity contribution in [1.29, 1.82) is 0 Å². The minimum absolute atomic E-state index is 0.287. The van der Waals surface area contributed by atoms with Crippen molar-refractivity contribution in [1.82, 2.24) is 9.78 Å². The van der Waals surface area contributed by atoms with Gasteiger partial charge in [-0.25, -0.2) is 4.39 Å². The second-order valence-electron chi connectivity index (χ2n) is 3.70. The zero-order valence-electron chi connectivity index (χ0n) is 9.36. The van der Waals surface area contributed by atoms with E-state index in [-0.39, 0.29) is 5.82 Å². The average Bonchev–Trinajstić information content (AvgIpc) is 2.70. The number of aryl methyl sites for hydroxylation is 1. The lowest BCUT2D eigenvalue weighted by atomic mass is 10.3. The summed E-state index contributed by atoms with van der Waals surface area (Å²) in [5.74, 6) is 0.367. The van der Waals surface area contributed by atoms with E-state index in [1.54, 1.807) is 16.8 Å². The fraction of sp³-hybridized carbons (Fsp3) is 0.250. The van der Waals surface area contributed by atoms with Gasteiger partial charge in [-0.1, -0.05) is 0 Å². The summed E-state index contributed by atoms with van der Waals surface area (Å²) in [5, 5.41) is 4.07. The maximum atomic E-state index is 13.0. The molecule has 3 nitrogen and oxygen atoms in total. The third kappa shape index (κ3) is 3.30. The fourth-order valence-electron chi connectivity index (χ4n) is 1.45. The molecule has 90 valence electrons. The summed E-state index contributed by atoms with van der Waals surface area (Å²) in [5.41, 5.74) is 1.12. The van der Waals surface area contributed by atoms with Crippen LogP contribution in [-0.4, -0.2) is 16.4 Å². The molecule has 0 saturated carbocycles. The van der Waals surface area contributed by atoms with Crippen molar-refractivity contribution in [2.24, 2.45) is 7.05 Å². The zero-order chi connectivity index (χ0) is 12.3. The summed E-state index contributed by atoms with van der Waals surface area (Å²) in [7, 11) is 1.88. The molecule has 2 aromatic rings. The number of hydrogen-bond acceptors (Lipinski definition) is 2. The largest absolute Gasteiger partial charge is 0.493 e. The Morgan fingerprint density at radius 2 is 2.29 bits per heavy atom. The lowest BCUT2D eigenvalue weighted by Gasteiger charge is -2.05.